The molecule has 2 rings (SSSR count). The first-order chi connectivity index (χ1) is 7.20. The third-order valence-electron chi connectivity index (χ3n) is 2.41. The smallest absolute Gasteiger partial charge is 0.115 e. The van der Waals surface area contributed by atoms with Crippen LogP contribution in [0.4, 0.5) is 5.69 Å². The van der Waals surface area contributed by atoms with Gasteiger partial charge in [0, 0.05) is 18.3 Å². The van der Waals surface area contributed by atoms with E-state index in [1.54, 1.807) is 0 Å². The molecule has 78 valence electrons. The molecule has 0 unspecified atom stereocenters. The van der Waals surface area contributed by atoms with Gasteiger partial charge in [0.05, 0.1) is 5.69 Å². The third kappa shape index (κ3) is 1.86. The number of hydrogen-bond donors (Lipinski definition) is 1. The first kappa shape index (κ1) is 9.77. The number of benzene rings is 1. The molecule has 0 aliphatic rings. The number of anilines is 1. The molecule has 0 radical (unpaired) electrons. The predicted octanol–water partition coefficient (Wildman–Crippen LogP) is 2.46. The number of nitrogens with zero attached hydrogens (tertiary/aromatic N) is 2. The average molecular weight is 201 g/mol. The molecule has 15 heavy (non-hydrogen) atoms. The van der Waals surface area contributed by atoms with Crippen LogP contribution in [-0.4, -0.2) is 9.78 Å². The first-order valence-corrected chi connectivity index (χ1v) is 5.10. The summed E-state index contributed by atoms with van der Waals surface area (Å²) >= 11 is 0. The highest BCUT2D eigenvalue weighted by molar-refractivity contribution is 5.72. The van der Waals surface area contributed by atoms with Crippen LogP contribution in [0.2, 0.25) is 0 Å². The van der Waals surface area contributed by atoms with Crippen molar-refractivity contribution in [2.24, 2.45) is 0 Å². The second-order valence-corrected chi connectivity index (χ2v) is 3.66. The van der Waals surface area contributed by atoms with Crippen molar-refractivity contribution in [2.75, 3.05) is 5.73 Å². The zero-order chi connectivity index (χ0) is 10.8. The minimum atomic E-state index is 0.738. The van der Waals surface area contributed by atoms with Crippen LogP contribution in [0.25, 0.3) is 11.3 Å². The van der Waals surface area contributed by atoms with Gasteiger partial charge in [-0.3, -0.25) is 4.68 Å². The highest BCUT2D eigenvalue weighted by Crippen LogP contribution is 2.24. The monoisotopic (exact) mass is 201 g/mol. The Kier molecular flexibility index (Phi) is 2.46. The molecular weight excluding hydrogens is 186 g/mol. The van der Waals surface area contributed by atoms with Crippen molar-refractivity contribution in [3.8, 4) is 11.3 Å². The summed E-state index contributed by atoms with van der Waals surface area (Å²) in [5, 5.41) is 4.43. The molecule has 0 spiro atoms. The van der Waals surface area contributed by atoms with Gasteiger partial charge in [0.2, 0.25) is 0 Å². The summed E-state index contributed by atoms with van der Waals surface area (Å²) in [5.41, 5.74) is 9.83. The lowest BCUT2D eigenvalue weighted by molar-refractivity contribution is 0.662. The number of rotatable bonds is 2. The number of hydrogen-bond acceptors (Lipinski definition) is 2. The van der Waals surface area contributed by atoms with Gasteiger partial charge in [0.15, 0.2) is 0 Å². The Morgan fingerprint density at radius 1 is 1.40 bits per heavy atom. The normalized spacial score (nSPS) is 10.5. The lowest BCUT2D eigenvalue weighted by atomic mass is 10.1. The molecule has 1 aromatic carbocycles. The first-order valence-electron chi connectivity index (χ1n) is 5.10. The maximum Gasteiger partial charge on any atom is 0.115 e. The highest BCUT2D eigenvalue weighted by atomic mass is 15.3. The molecule has 2 aromatic rings. The van der Waals surface area contributed by atoms with Gasteiger partial charge in [-0.1, -0.05) is 23.8 Å². The number of aryl methyl sites for hydroxylation is 2. The lowest BCUT2D eigenvalue weighted by Gasteiger charge is -1.99. The molecular formula is C12H15N3. The van der Waals surface area contributed by atoms with Crippen molar-refractivity contribution in [1.29, 1.82) is 0 Å². The topological polar surface area (TPSA) is 43.8 Å². The van der Waals surface area contributed by atoms with E-state index in [0.717, 1.165) is 23.5 Å². The third-order valence-corrected chi connectivity index (χ3v) is 2.41. The van der Waals surface area contributed by atoms with Crippen LogP contribution in [0.15, 0.2) is 30.5 Å². The van der Waals surface area contributed by atoms with Crippen molar-refractivity contribution < 1.29 is 0 Å². The molecule has 3 heteroatoms. The summed E-state index contributed by atoms with van der Waals surface area (Å²) in [7, 11) is 0. The Bertz CT molecular complexity index is 471. The van der Waals surface area contributed by atoms with E-state index >= 15 is 0 Å². The van der Waals surface area contributed by atoms with E-state index in [2.05, 4.69) is 24.2 Å². The molecule has 0 saturated heterocycles. The number of nitrogen functional groups attached to an aromatic ring is 1. The van der Waals surface area contributed by atoms with Gasteiger partial charge in [-0.2, -0.15) is 5.10 Å². The van der Waals surface area contributed by atoms with Gasteiger partial charge in [-0.05, 0) is 19.9 Å². The van der Waals surface area contributed by atoms with Crippen molar-refractivity contribution in [2.45, 2.75) is 20.4 Å². The van der Waals surface area contributed by atoms with Gasteiger partial charge in [0.25, 0.3) is 0 Å². The largest absolute Gasteiger partial charge is 0.396 e. The van der Waals surface area contributed by atoms with Gasteiger partial charge in [-0.25, -0.2) is 0 Å². The molecule has 3 nitrogen and oxygen atoms in total. The Hall–Kier alpha value is -1.77. The van der Waals surface area contributed by atoms with E-state index in [4.69, 9.17) is 5.73 Å². The molecule has 2 N–H and O–H groups in total. The second-order valence-electron chi connectivity index (χ2n) is 3.66. The Morgan fingerprint density at radius 2 is 2.20 bits per heavy atom. The molecule has 0 atom stereocenters. The summed E-state index contributed by atoms with van der Waals surface area (Å²) in [5.74, 6) is 0. The summed E-state index contributed by atoms with van der Waals surface area (Å²) in [6.07, 6.45) is 1.87. The van der Waals surface area contributed by atoms with E-state index in [1.165, 1.54) is 5.56 Å². The van der Waals surface area contributed by atoms with Gasteiger partial charge in [0.1, 0.15) is 5.69 Å². The quantitative estimate of drug-likeness (QED) is 0.811. The van der Waals surface area contributed by atoms with Crippen LogP contribution in [0, 0.1) is 6.92 Å². The molecule has 0 bridgehead atoms. The lowest BCUT2D eigenvalue weighted by Crippen LogP contribution is -1.93. The molecule has 0 aliphatic carbocycles. The van der Waals surface area contributed by atoms with E-state index in [-0.39, 0.29) is 0 Å². The molecule has 0 aliphatic heterocycles. The summed E-state index contributed by atoms with van der Waals surface area (Å²) in [6, 6.07) is 8.22. The van der Waals surface area contributed by atoms with Gasteiger partial charge in [-0.15, -0.1) is 0 Å². The highest BCUT2D eigenvalue weighted by Gasteiger charge is 2.07. The van der Waals surface area contributed by atoms with Crippen molar-refractivity contribution in [1.82, 2.24) is 9.78 Å². The minimum absolute atomic E-state index is 0.738. The Morgan fingerprint density at radius 3 is 2.80 bits per heavy atom. The summed E-state index contributed by atoms with van der Waals surface area (Å²) in [6.45, 7) is 4.96. The van der Waals surface area contributed by atoms with Crippen molar-refractivity contribution in [3.05, 3.63) is 36.0 Å². The Labute approximate surface area is 89.5 Å². The van der Waals surface area contributed by atoms with Crippen LogP contribution in [0.3, 0.4) is 0 Å². The maximum absolute atomic E-state index is 5.92. The molecule has 1 heterocycles. The zero-order valence-corrected chi connectivity index (χ0v) is 9.07. The van der Waals surface area contributed by atoms with Crippen molar-refractivity contribution in [3.63, 3.8) is 0 Å². The maximum atomic E-state index is 5.92. The molecule has 0 saturated carbocycles. The second kappa shape index (κ2) is 3.77. The van der Waals surface area contributed by atoms with E-state index in [0.29, 0.717) is 0 Å². The molecule has 1 aromatic heterocycles. The van der Waals surface area contributed by atoms with E-state index in [1.807, 2.05) is 29.9 Å². The standard InChI is InChI=1S/C12H15N3/c1-3-15-8-11(13)12(14-15)10-6-4-5-9(2)7-10/h4-8H,3,13H2,1-2H3. The summed E-state index contributed by atoms with van der Waals surface area (Å²) < 4.78 is 1.85. The predicted molar refractivity (Wildman–Crippen MR) is 62.5 cm³/mol. The minimum Gasteiger partial charge on any atom is -0.396 e. The molecule has 0 amide bonds. The number of aromatic nitrogens is 2. The number of nitrogens with two attached hydrogens (primary N) is 1. The van der Waals surface area contributed by atoms with Crippen LogP contribution in [0.5, 0.6) is 0 Å². The SMILES string of the molecule is CCn1cc(N)c(-c2cccc(C)c2)n1. The fourth-order valence-corrected chi connectivity index (χ4v) is 1.62. The van der Waals surface area contributed by atoms with Crippen LogP contribution in [0.1, 0.15) is 12.5 Å². The summed E-state index contributed by atoms with van der Waals surface area (Å²) in [4.78, 5) is 0. The average Bonchev–Trinajstić information content (AvgIpc) is 2.60. The molecule has 0 fully saturated rings. The van der Waals surface area contributed by atoms with Crippen molar-refractivity contribution >= 4 is 5.69 Å². The zero-order valence-electron chi connectivity index (χ0n) is 9.07. The van der Waals surface area contributed by atoms with Crippen LogP contribution in [-0.2, 0) is 6.54 Å². The van der Waals surface area contributed by atoms with Gasteiger partial charge >= 0.3 is 0 Å². The fraction of sp³-hybridized carbons (Fsp3) is 0.250. The fourth-order valence-electron chi connectivity index (χ4n) is 1.62. The van der Waals surface area contributed by atoms with E-state index in [9.17, 15) is 0 Å². The Balaban J connectivity index is 2.48. The van der Waals surface area contributed by atoms with E-state index < -0.39 is 0 Å². The van der Waals surface area contributed by atoms with Crippen LogP contribution < -0.4 is 5.73 Å². The van der Waals surface area contributed by atoms with Gasteiger partial charge < -0.3 is 5.73 Å². The van der Waals surface area contributed by atoms with Crippen LogP contribution >= 0.6 is 0 Å².